The summed E-state index contributed by atoms with van der Waals surface area (Å²) in [7, 11) is 0. The van der Waals surface area contributed by atoms with Gasteiger partial charge in [0.1, 0.15) is 37.9 Å². The third-order valence-corrected chi connectivity index (χ3v) is 3.51. The van der Waals surface area contributed by atoms with Crippen LogP contribution in [-0.2, 0) is 32.3 Å². The van der Waals surface area contributed by atoms with Gasteiger partial charge >= 0.3 is 11.9 Å². The molecule has 0 saturated heterocycles. The Balaban J connectivity index is 1.76. The topological polar surface area (TPSA) is 71.1 Å². The van der Waals surface area contributed by atoms with Crippen molar-refractivity contribution < 1.29 is 28.5 Å². The largest absolute Gasteiger partial charge is 0.490 e. The van der Waals surface area contributed by atoms with Crippen molar-refractivity contribution in [3.05, 3.63) is 85.0 Å². The van der Waals surface area contributed by atoms with Crippen LogP contribution in [0, 0.1) is 0 Å². The Morgan fingerprint density at radius 3 is 1.57 bits per heavy atom. The van der Waals surface area contributed by atoms with Gasteiger partial charge < -0.3 is 18.9 Å². The van der Waals surface area contributed by atoms with Crippen molar-refractivity contribution in [2.75, 3.05) is 13.2 Å². The van der Waals surface area contributed by atoms with Crippen LogP contribution >= 0.6 is 0 Å². The molecule has 0 atom stereocenters. The van der Waals surface area contributed by atoms with E-state index in [1.807, 2.05) is 36.4 Å². The highest BCUT2D eigenvalue weighted by atomic mass is 16.5. The van der Waals surface area contributed by atoms with Gasteiger partial charge in [-0.3, -0.25) is 0 Å². The second-order valence-electron chi connectivity index (χ2n) is 5.62. The van der Waals surface area contributed by atoms with Crippen LogP contribution in [-0.4, -0.2) is 25.2 Å². The van der Waals surface area contributed by atoms with Gasteiger partial charge in [-0.25, -0.2) is 9.59 Å². The van der Waals surface area contributed by atoms with E-state index in [2.05, 4.69) is 13.2 Å². The zero-order valence-corrected chi connectivity index (χ0v) is 15.5. The van der Waals surface area contributed by atoms with Crippen molar-refractivity contribution in [1.82, 2.24) is 0 Å². The molecule has 0 fully saturated rings. The Bertz CT molecular complexity index is 758. The second kappa shape index (κ2) is 11.2. The molecule has 0 N–H and O–H groups in total. The smallest absolute Gasteiger partial charge is 0.330 e. The summed E-state index contributed by atoms with van der Waals surface area (Å²) in [6.45, 7) is 7.69. The van der Waals surface area contributed by atoms with Crippen molar-refractivity contribution in [1.29, 1.82) is 0 Å². The molecule has 0 saturated carbocycles. The lowest BCUT2D eigenvalue weighted by atomic mass is 10.2. The van der Waals surface area contributed by atoms with Crippen molar-refractivity contribution in [2.45, 2.75) is 13.2 Å². The molecule has 0 unspecified atom stereocenters. The zero-order valence-electron chi connectivity index (χ0n) is 15.5. The lowest BCUT2D eigenvalue weighted by Crippen LogP contribution is -2.09. The molecule has 0 amide bonds. The molecule has 0 bridgehead atoms. The molecule has 0 aromatic heterocycles. The summed E-state index contributed by atoms with van der Waals surface area (Å²) < 4.78 is 21.3. The minimum absolute atomic E-state index is 0.155. The number of rotatable bonds is 11. The van der Waals surface area contributed by atoms with Gasteiger partial charge in [-0.05, 0) is 35.4 Å². The minimum Gasteiger partial charge on any atom is -0.490 e. The highest BCUT2D eigenvalue weighted by molar-refractivity contribution is 5.81. The van der Waals surface area contributed by atoms with Gasteiger partial charge in [0.25, 0.3) is 0 Å². The van der Waals surface area contributed by atoms with Gasteiger partial charge in [-0.15, -0.1) is 0 Å². The summed E-state index contributed by atoms with van der Waals surface area (Å²) in [5.41, 5.74) is 1.63. The highest BCUT2D eigenvalue weighted by Crippen LogP contribution is 2.16. The van der Waals surface area contributed by atoms with Gasteiger partial charge in [-0.2, -0.15) is 0 Å². The third-order valence-electron chi connectivity index (χ3n) is 3.51. The second-order valence-corrected chi connectivity index (χ2v) is 5.62. The molecule has 0 aliphatic heterocycles. The molecule has 2 aromatic rings. The maximum atomic E-state index is 11.1. The Labute approximate surface area is 164 Å². The summed E-state index contributed by atoms with van der Waals surface area (Å²) >= 11 is 0. The molecule has 0 heterocycles. The normalized spacial score (nSPS) is 9.86. The number of esters is 2. The zero-order chi connectivity index (χ0) is 20.2. The molecular weight excluding hydrogens is 360 g/mol. The summed E-state index contributed by atoms with van der Waals surface area (Å²) in [6, 6.07) is 14.5. The summed E-state index contributed by atoms with van der Waals surface area (Å²) in [4.78, 5) is 22.2. The van der Waals surface area contributed by atoms with Crippen LogP contribution in [0.5, 0.6) is 11.5 Å². The standard InChI is InChI=1S/C22H22O6/c1-3-21(23)27-15-17-7-5-9-19(13-17)25-11-12-26-20-10-6-8-18(14-20)16-28-22(24)4-2/h3-10,13-14H,1-2,11-12,15-16H2. The predicted octanol–water partition coefficient (Wildman–Crippen LogP) is 3.60. The fourth-order valence-corrected chi connectivity index (χ4v) is 2.20. The SMILES string of the molecule is C=CC(=O)OCc1cccc(OCCOc2cccc(COC(=O)C=C)c2)c1. The van der Waals surface area contributed by atoms with E-state index < -0.39 is 11.9 Å². The molecule has 28 heavy (non-hydrogen) atoms. The average molecular weight is 382 g/mol. The van der Waals surface area contributed by atoms with Gasteiger partial charge in [-0.1, -0.05) is 37.4 Å². The van der Waals surface area contributed by atoms with Gasteiger partial charge in [0.2, 0.25) is 0 Å². The van der Waals surface area contributed by atoms with Crippen LogP contribution in [0.15, 0.2) is 73.8 Å². The first-order valence-electron chi connectivity index (χ1n) is 8.62. The molecule has 6 nitrogen and oxygen atoms in total. The van der Waals surface area contributed by atoms with Crippen LogP contribution in [0.2, 0.25) is 0 Å². The molecule has 2 rings (SSSR count). The third kappa shape index (κ3) is 7.37. The van der Waals surface area contributed by atoms with E-state index >= 15 is 0 Å². The number of hydrogen-bond acceptors (Lipinski definition) is 6. The Kier molecular flexibility index (Phi) is 8.33. The first-order chi connectivity index (χ1) is 13.6. The Hall–Kier alpha value is -3.54. The van der Waals surface area contributed by atoms with Crippen LogP contribution in [0.4, 0.5) is 0 Å². The van der Waals surface area contributed by atoms with E-state index in [-0.39, 0.29) is 13.2 Å². The molecule has 0 aliphatic carbocycles. The van der Waals surface area contributed by atoms with Crippen LogP contribution in [0.3, 0.4) is 0 Å². The van der Waals surface area contributed by atoms with E-state index in [0.29, 0.717) is 24.7 Å². The molecule has 0 radical (unpaired) electrons. The summed E-state index contributed by atoms with van der Waals surface area (Å²) in [5, 5.41) is 0. The van der Waals surface area contributed by atoms with E-state index in [1.54, 1.807) is 12.1 Å². The van der Waals surface area contributed by atoms with Crippen molar-refractivity contribution >= 4 is 11.9 Å². The summed E-state index contributed by atoms with van der Waals surface area (Å²) in [5.74, 6) is 0.365. The van der Waals surface area contributed by atoms with Crippen LogP contribution in [0.1, 0.15) is 11.1 Å². The van der Waals surface area contributed by atoms with E-state index in [9.17, 15) is 9.59 Å². The number of benzene rings is 2. The average Bonchev–Trinajstić information content (AvgIpc) is 2.74. The Morgan fingerprint density at radius 1 is 0.750 bits per heavy atom. The van der Waals surface area contributed by atoms with E-state index in [4.69, 9.17) is 18.9 Å². The van der Waals surface area contributed by atoms with Crippen molar-refractivity contribution in [3.8, 4) is 11.5 Å². The number of ether oxygens (including phenoxy) is 4. The maximum absolute atomic E-state index is 11.1. The molecule has 0 spiro atoms. The monoisotopic (exact) mass is 382 g/mol. The summed E-state index contributed by atoms with van der Waals surface area (Å²) in [6.07, 6.45) is 2.24. The fraction of sp³-hybridized carbons (Fsp3) is 0.182. The fourth-order valence-electron chi connectivity index (χ4n) is 2.20. The van der Waals surface area contributed by atoms with E-state index in [0.717, 1.165) is 23.3 Å². The highest BCUT2D eigenvalue weighted by Gasteiger charge is 2.03. The predicted molar refractivity (Wildman–Crippen MR) is 104 cm³/mol. The first kappa shape index (κ1) is 20.8. The molecule has 0 aliphatic rings. The van der Waals surface area contributed by atoms with Gasteiger partial charge in [0.05, 0.1) is 0 Å². The molecule has 146 valence electrons. The van der Waals surface area contributed by atoms with Crippen molar-refractivity contribution in [2.24, 2.45) is 0 Å². The van der Waals surface area contributed by atoms with Gasteiger partial charge in [0, 0.05) is 12.2 Å². The quantitative estimate of drug-likeness (QED) is 0.336. The number of carbonyl (C=O) groups excluding carboxylic acids is 2. The maximum Gasteiger partial charge on any atom is 0.330 e. The van der Waals surface area contributed by atoms with Gasteiger partial charge in [0.15, 0.2) is 0 Å². The van der Waals surface area contributed by atoms with Crippen LogP contribution < -0.4 is 9.47 Å². The molecular formula is C22H22O6. The lowest BCUT2D eigenvalue weighted by Gasteiger charge is -2.10. The first-order valence-corrected chi connectivity index (χ1v) is 8.62. The van der Waals surface area contributed by atoms with E-state index in [1.165, 1.54) is 0 Å². The molecule has 2 aromatic carbocycles. The number of hydrogen-bond donors (Lipinski definition) is 0. The lowest BCUT2D eigenvalue weighted by molar-refractivity contribution is -0.139. The number of carbonyl (C=O) groups is 2. The van der Waals surface area contributed by atoms with Crippen molar-refractivity contribution in [3.63, 3.8) is 0 Å². The van der Waals surface area contributed by atoms with Crippen LogP contribution in [0.25, 0.3) is 0 Å². The Morgan fingerprint density at radius 2 is 1.18 bits per heavy atom. The molecule has 6 heteroatoms. The minimum atomic E-state index is -0.471.